The molecular formula is C14H17ClN4O. The summed E-state index contributed by atoms with van der Waals surface area (Å²) in [7, 11) is 0. The molecule has 0 unspecified atom stereocenters. The number of nitrogen functional groups attached to an aromatic ring is 1. The Hall–Kier alpha value is -2.19. The molecule has 0 radical (unpaired) electrons. The van der Waals surface area contributed by atoms with Crippen molar-refractivity contribution in [2.45, 2.75) is 26.3 Å². The number of carbonyl (C=O) groups excluding carboxylic acids is 1. The quantitative estimate of drug-likeness (QED) is 0.454. The van der Waals surface area contributed by atoms with Gasteiger partial charge in [-0.15, -0.1) is 0 Å². The van der Waals surface area contributed by atoms with Crippen molar-refractivity contribution in [3.8, 4) is 6.07 Å². The first kappa shape index (κ1) is 15.9. The van der Waals surface area contributed by atoms with E-state index in [9.17, 15) is 4.79 Å². The summed E-state index contributed by atoms with van der Waals surface area (Å²) in [6.07, 6.45) is 1.40. The number of nitrogens with two attached hydrogens (primary N) is 1. The van der Waals surface area contributed by atoms with Gasteiger partial charge in [-0.1, -0.05) is 11.6 Å². The number of anilines is 2. The molecule has 0 saturated heterocycles. The summed E-state index contributed by atoms with van der Waals surface area (Å²) in [4.78, 5) is 11.9. The smallest absolute Gasteiger partial charge is 0.267 e. The van der Waals surface area contributed by atoms with E-state index in [1.165, 1.54) is 12.3 Å². The lowest BCUT2D eigenvalue weighted by Gasteiger charge is -2.18. The standard InChI is InChI=1S/C14H17ClN4O/c1-14(2,3)18-8-9(7-16)13(20)19-10-4-5-12(17)11(15)6-10/h4-6,8,18H,17H2,1-3H3,(H,19,20)/b9-8-. The molecule has 0 aliphatic heterocycles. The van der Waals surface area contributed by atoms with Crippen LogP contribution >= 0.6 is 11.6 Å². The summed E-state index contributed by atoms with van der Waals surface area (Å²) in [5.74, 6) is -0.509. The van der Waals surface area contributed by atoms with E-state index in [0.29, 0.717) is 16.4 Å². The zero-order chi connectivity index (χ0) is 15.3. The van der Waals surface area contributed by atoms with Crippen LogP contribution in [0.5, 0.6) is 0 Å². The van der Waals surface area contributed by atoms with Gasteiger partial charge >= 0.3 is 0 Å². The van der Waals surface area contributed by atoms with E-state index in [1.54, 1.807) is 12.1 Å². The molecule has 0 saturated carbocycles. The van der Waals surface area contributed by atoms with Gasteiger partial charge in [-0.05, 0) is 39.0 Å². The van der Waals surface area contributed by atoms with Crippen LogP contribution in [0.3, 0.4) is 0 Å². The molecule has 106 valence electrons. The number of nitriles is 1. The van der Waals surface area contributed by atoms with Crippen molar-refractivity contribution in [3.05, 3.63) is 35.0 Å². The molecule has 0 atom stereocenters. The van der Waals surface area contributed by atoms with E-state index in [1.807, 2.05) is 26.8 Å². The average molecular weight is 293 g/mol. The molecule has 1 aromatic rings. The van der Waals surface area contributed by atoms with Gasteiger partial charge in [0.05, 0.1) is 10.7 Å². The Labute approximate surface area is 123 Å². The lowest BCUT2D eigenvalue weighted by atomic mass is 10.1. The zero-order valence-electron chi connectivity index (χ0n) is 11.6. The minimum Gasteiger partial charge on any atom is -0.398 e. The van der Waals surface area contributed by atoms with Gasteiger partial charge in [0.25, 0.3) is 5.91 Å². The highest BCUT2D eigenvalue weighted by Gasteiger charge is 2.12. The maximum atomic E-state index is 11.9. The summed E-state index contributed by atoms with van der Waals surface area (Å²) in [6, 6.07) is 6.58. The molecule has 1 aromatic carbocycles. The second kappa shape index (κ2) is 6.31. The van der Waals surface area contributed by atoms with E-state index in [0.717, 1.165) is 0 Å². The third-order valence-electron chi connectivity index (χ3n) is 2.27. The SMILES string of the molecule is CC(C)(C)N/C=C(/C#N)C(=O)Nc1ccc(N)c(Cl)c1. The van der Waals surface area contributed by atoms with Crippen molar-refractivity contribution in [1.82, 2.24) is 5.32 Å². The van der Waals surface area contributed by atoms with E-state index in [4.69, 9.17) is 22.6 Å². The van der Waals surface area contributed by atoms with Crippen molar-refractivity contribution >= 4 is 28.9 Å². The zero-order valence-corrected chi connectivity index (χ0v) is 12.4. The van der Waals surface area contributed by atoms with Crippen LogP contribution in [0.4, 0.5) is 11.4 Å². The first-order valence-corrected chi connectivity index (χ1v) is 6.35. The van der Waals surface area contributed by atoms with Gasteiger partial charge in [0.15, 0.2) is 0 Å². The number of benzene rings is 1. The Morgan fingerprint density at radius 1 is 1.45 bits per heavy atom. The summed E-state index contributed by atoms with van der Waals surface area (Å²) >= 11 is 5.86. The second-order valence-corrected chi connectivity index (χ2v) is 5.66. The molecule has 4 N–H and O–H groups in total. The minimum atomic E-state index is -0.509. The van der Waals surface area contributed by atoms with Crippen LogP contribution < -0.4 is 16.4 Å². The van der Waals surface area contributed by atoms with Gasteiger partial charge in [-0.3, -0.25) is 4.79 Å². The summed E-state index contributed by atoms with van der Waals surface area (Å²) in [5, 5.41) is 14.9. The number of rotatable bonds is 3. The van der Waals surface area contributed by atoms with Crippen molar-refractivity contribution < 1.29 is 4.79 Å². The highest BCUT2D eigenvalue weighted by atomic mass is 35.5. The number of carbonyl (C=O) groups is 1. The van der Waals surface area contributed by atoms with Crippen molar-refractivity contribution in [1.29, 1.82) is 5.26 Å². The van der Waals surface area contributed by atoms with Gasteiger partial charge in [0.2, 0.25) is 0 Å². The van der Waals surface area contributed by atoms with Crippen LogP contribution in [0, 0.1) is 11.3 Å². The predicted molar refractivity (Wildman–Crippen MR) is 81.1 cm³/mol. The van der Waals surface area contributed by atoms with Crippen molar-refractivity contribution in [2.75, 3.05) is 11.1 Å². The molecule has 0 aliphatic carbocycles. The average Bonchev–Trinajstić information content (AvgIpc) is 2.33. The van der Waals surface area contributed by atoms with Gasteiger partial charge in [-0.2, -0.15) is 5.26 Å². The highest BCUT2D eigenvalue weighted by molar-refractivity contribution is 6.33. The number of nitrogens with one attached hydrogen (secondary N) is 2. The Morgan fingerprint density at radius 3 is 2.60 bits per heavy atom. The molecule has 1 amide bonds. The minimum absolute atomic E-state index is 0.0205. The Morgan fingerprint density at radius 2 is 2.10 bits per heavy atom. The van der Waals surface area contributed by atoms with Crippen LogP contribution in [-0.4, -0.2) is 11.4 Å². The van der Waals surface area contributed by atoms with E-state index < -0.39 is 5.91 Å². The van der Waals surface area contributed by atoms with Crippen molar-refractivity contribution in [2.24, 2.45) is 0 Å². The third kappa shape index (κ3) is 4.82. The fraction of sp³-hybridized carbons (Fsp3) is 0.286. The molecule has 6 heteroatoms. The molecule has 1 rings (SSSR count). The fourth-order valence-electron chi connectivity index (χ4n) is 1.24. The van der Waals surface area contributed by atoms with Crippen LogP contribution in [0.2, 0.25) is 5.02 Å². The first-order valence-electron chi connectivity index (χ1n) is 5.97. The molecular weight excluding hydrogens is 276 g/mol. The Bertz CT molecular complexity index is 582. The highest BCUT2D eigenvalue weighted by Crippen LogP contribution is 2.22. The predicted octanol–water partition coefficient (Wildman–Crippen LogP) is 2.66. The Kier molecular flexibility index (Phi) is 5.00. The number of hydrogen-bond acceptors (Lipinski definition) is 4. The summed E-state index contributed by atoms with van der Waals surface area (Å²) in [5.41, 5.74) is 6.24. The second-order valence-electron chi connectivity index (χ2n) is 5.25. The number of amides is 1. The molecule has 0 fully saturated rings. The van der Waals surface area contributed by atoms with E-state index >= 15 is 0 Å². The van der Waals surface area contributed by atoms with E-state index in [-0.39, 0.29) is 11.1 Å². The third-order valence-corrected chi connectivity index (χ3v) is 2.60. The van der Waals surface area contributed by atoms with Crippen LogP contribution in [-0.2, 0) is 4.79 Å². The maximum Gasteiger partial charge on any atom is 0.267 e. The summed E-state index contributed by atoms with van der Waals surface area (Å²) in [6.45, 7) is 5.78. The number of halogens is 1. The van der Waals surface area contributed by atoms with Gasteiger partial charge < -0.3 is 16.4 Å². The van der Waals surface area contributed by atoms with Gasteiger partial charge in [0.1, 0.15) is 11.6 Å². The van der Waals surface area contributed by atoms with Crippen LogP contribution in [0.25, 0.3) is 0 Å². The van der Waals surface area contributed by atoms with E-state index in [2.05, 4.69) is 10.6 Å². The van der Waals surface area contributed by atoms with Gasteiger partial charge in [-0.25, -0.2) is 0 Å². The molecule has 0 heterocycles. The Balaban J connectivity index is 2.83. The van der Waals surface area contributed by atoms with Crippen LogP contribution in [0.1, 0.15) is 20.8 Å². The largest absolute Gasteiger partial charge is 0.398 e. The molecule has 0 bridgehead atoms. The monoisotopic (exact) mass is 292 g/mol. The fourth-order valence-corrected chi connectivity index (χ4v) is 1.42. The summed E-state index contributed by atoms with van der Waals surface area (Å²) < 4.78 is 0. The maximum absolute atomic E-state index is 11.9. The lowest BCUT2D eigenvalue weighted by Crippen LogP contribution is -2.32. The molecule has 0 aromatic heterocycles. The molecule has 5 nitrogen and oxygen atoms in total. The molecule has 0 aliphatic rings. The molecule has 20 heavy (non-hydrogen) atoms. The van der Waals surface area contributed by atoms with Gasteiger partial charge in [0, 0.05) is 17.4 Å². The number of nitrogens with zero attached hydrogens (tertiary/aromatic N) is 1. The molecule has 0 spiro atoms. The van der Waals surface area contributed by atoms with Crippen LogP contribution in [0.15, 0.2) is 30.0 Å². The first-order chi connectivity index (χ1) is 9.23. The lowest BCUT2D eigenvalue weighted by molar-refractivity contribution is -0.112. The van der Waals surface area contributed by atoms with Crippen molar-refractivity contribution in [3.63, 3.8) is 0 Å². The normalized spacial score (nSPS) is 11.7. The number of hydrogen-bond donors (Lipinski definition) is 3. The topological polar surface area (TPSA) is 90.9 Å².